The quantitative estimate of drug-likeness (QED) is 0.705. The van der Waals surface area contributed by atoms with Crippen LogP contribution < -0.4 is 0 Å². The van der Waals surface area contributed by atoms with Gasteiger partial charge in [-0.25, -0.2) is 4.98 Å². The number of nitrogens with zero attached hydrogens (tertiary/aromatic N) is 1. The molecule has 2 N–H and O–H groups in total. The molecule has 124 valence electrons. The second kappa shape index (κ2) is 6.40. The Balaban J connectivity index is 1.82. The molecular formula is C19H20N2O2S. The van der Waals surface area contributed by atoms with Gasteiger partial charge in [-0.05, 0) is 24.8 Å². The molecule has 0 bridgehead atoms. The molecule has 3 aromatic rings. The highest BCUT2D eigenvalue weighted by atomic mass is 32.1. The number of rotatable bonds is 4. The summed E-state index contributed by atoms with van der Waals surface area (Å²) in [6.45, 7) is 0. The molecule has 0 radical (unpaired) electrons. The molecule has 4 nitrogen and oxygen atoms in total. The predicted molar refractivity (Wildman–Crippen MR) is 96.6 cm³/mol. The summed E-state index contributed by atoms with van der Waals surface area (Å²) in [6.07, 6.45) is 6.30. The number of aliphatic carboxylic acids is 1. The van der Waals surface area contributed by atoms with E-state index in [4.69, 9.17) is 5.11 Å². The number of aromatic nitrogens is 2. The largest absolute Gasteiger partial charge is 0.481 e. The number of nitrogens with one attached hydrogen (secondary N) is 1. The minimum atomic E-state index is -0.835. The van der Waals surface area contributed by atoms with E-state index in [1.165, 1.54) is 48.7 Å². The van der Waals surface area contributed by atoms with E-state index in [0.717, 1.165) is 10.5 Å². The number of para-hydroxylation sites is 1. The number of hydrogen-bond acceptors (Lipinski definition) is 3. The van der Waals surface area contributed by atoms with Gasteiger partial charge in [0, 0.05) is 27.5 Å². The van der Waals surface area contributed by atoms with Crippen molar-refractivity contribution in [1.29, 1.82) is 0 Å². The highest BCUT2D eigenvalue weighted by molar-refractivity contribution is 7.13. The van der Waals surface area contributed by atoms with Crippen LogP contribution in [0.3, 0.4) is 0 Å². The highest BCUT2D eigenvalue weighted by Crippen LogP contribution is 2.42. The Kier molecular flexibility index (Phi) is 4.10. The van der Waals surface area contributed by atoms with Gasteiger partial charge in [0.25, 0.3) is 0 Å². The monoisotopic (exact) mass is 340 g/mol. The molecule has 0 amide bonds. The number of thiazole rings is 1. The van der Waals surface area contributed by atoms with Crippen molar-refractivity contribution in [1.82, 2.24) is 9.97 Å². The van der Waals surface area contributed by atoms with Crippen molar-refractivity contribution in [2.75, 3.05) is 0 Å². The molecule has 5 heteroatoms. The van der Waals surface area contributed by atoms with Gasteiger partial charge in [-0.1, -0.05) is 37.5 Å². The van der Waals surface area contributed by atoms with Crippen molar-refractivity contribution < 1.29 is 9.90 Å². The molecule has 0 unspecified atom stereocenters. The average molecular weight is 340 g/mol. The van der Waals surface area contributed by atoms with Crippen LogP contribution >= 0.6 is 11.3 Å². The molecule has 0 atom stereocenters. The fraction of sp³-hybridized carbons (Fsp3) is 0.368. The first-order valence-corrected chi connectivity index (χ1v) is 9.37. The summed E-state index contributed by atoms with van der Waals surface area (Å²) in [5.41, 5.74) is 4.25. The smallest absolute Gasteiger partial charge is 0.309 e. The molecule has 4 rings (SSSR count). The highest BCUT2D eigenvalue weighted by Gasteiger charge is 2.24. The topological polar surface area (TPSA) is 66.0 Å². The zero-order chi connectivity index (χ0) is 16.5. The summed E-state index contributed by atoms with van der Waals surface area (Å²) in [7, 11) is 0. The lowest BCUT2D eigenvalue weighted by molar-refractivity contribution is -0.136. The maximum atomic E-state index is 10.9. The van der Waals surface area contributed by atoms with Crippen LogP contribution in [0.4, 0.5) is 0 Å². The normalized spacial score (nSPS) is 15.8. The van der Waals surface area contributed by atoms with Crippen LogP contribution in [0.25, 0.3) is 21.5 Å². The maximum Gasteiger partial charge on any atom is 0.309 e. The number of aromatic amines is 1. The zero-order valence-corrected chi connectivity index (χ0v) is 14.2. The van der Waals surface area contributed by atoms with E-state index in [2.05, 4.69) is 28.2 Å². The fourth-order valence-electron chi connectivity index (χ4n) is 3.75. The van der Waals surface area contributed by atoms with E-state index in [1.807, 2.05) is 11.4 Å². The molecule has 1 saturated carbocycles. The first-order chi connectivity index (χ1) is 11.7. The van der Waals surface area contributed by atoms with E-state index >= 15 is 0 Å². The molecule has 0 aliphatic heterocycles. The van der Waals surface area contributed by atoms with E-state index in [-0.39, 0.29) is 6.42 Å². The Morgan fingerprint density at radius 3 is 2.83 bits per heavy atom. The third-order valence-corrected chi connectivity index (χ3v) is 5.76. The number of benzene rings is 1. The molecule has 2 aromatic heterocycles. The molecular weight excluding hydrogens is 320 g/mol. The van der Waals surface area contributed by atoms with Crippen LogP contribution in [0.15, 0.2) is 29.6 Å². The van der Waals surface area contributed by atoms with Gasteiger partial charge in [0.2, 0.25) is 0 Å². The summed E-state index contributed by atoms with van der Waals surface area (Å²) in [4.78, 5) is 19.2. The summed E-state index contributed by atoms with van der Waals surface area (Å²) >= 11 is 1.55. The molecule has 2 heterocycles. The standard InChI is InChI=1S/C19H20N2O2S/c22-16(23)10-13-11-24-19(20-13)17-14-8-4-5-9-15(14)21-18(17)12-6-2-1-3-7-12/h4-5,8-9,11-12,21H,1-3,6-7,10H2,(H,22,23). The van der Waals surface area contributed by atoms with Crippen molar-refractivity contribution in [3.05, 3.63) is 41.0 Å². The van der Waals surface area contributed by atoms with Gasteiger partial charge in [0.15, 0.2) is 0 Å². The Bertz CT molecular complexity index is 875. The molecule has 0 saturated heterocycles. The number of carboxylic acid groups (broad SMARTS) is 1. The van der Waals surface area contributed by atoms with Crippen LogP contribution in [0, 0.1) is 0 Å². The Morgan fingerprint density at radius 1 is 1.25 bits per heavy atom. The second-order valence-corrected chi connectivity index (χ2v) is 7.37. The molecule has 0 spiro atoms. The molecule has 1 aliphatic rings. The van der Waals surface area contributed by atoms with Crippen molar-refractivity contribution in [2.45, 2.75) is 44.4 Å². The summed E-state index contributed by atoms with van der Waals surface area (Å²) in [6, 6.07) is 8.34. The summed E-state index contributed by atoms with van der Waals surface area (Å²) in [5, 5.41) is 13.0. The third kappa shape index (κ3) is 2.84. The zero-order valence-electron chi connectivity index (χ0n) is 13.4. The van der Waals surface area contributed by atoms with Crippen molar-refractivity contribution in [3.63, 3.8) is 0 Å². The van der Waals surface area contributed by atoms with E-state index in [9.17, 15) is 4.79 Å². The van der Waals surface area contributed by atoms with E-state index in [1.54, 1.807) is 11.3 Å². The fourth-order valence-corrected chi connectivity index (χ4v) is 4.64. The van der Waals surface area contributed by atoms with E-state index < -0.39 is 5.97 Å². The van der Waals surface area contributed by atoms with Crippen LogP contribution in [0.1, 0.15) is 49.4 Å². The third-order valence-electron chi connectivity index (χ3n) is 4.85. The molecule has 24 heavy (non-hydrogen) atoms. The summed E-state index contributed by atoms with van der Waals surface area (Å²) in [5.74, 6) is -0.286. The van der Waals surface area contributed by atoms with Crippen LogP contribution in [0.2, 0.25) is 0 Å². The van der Waals surface area contributed by atoms with Crippen molar-refractivity contribution >= 4 is 28.2 Å². The molecule has 1 aromatic carbocycles. The van der Waals surface area contributed by atoms with Gasteiger partial charge in [-0.2, -0.15) is 0 Å². The van der Waals surface area contributed by atoms with Crippen molar-refractivity contribution in [3.8, 4) is 10.6 Å². The molecule has 1 aliphatic carbocycles. The minimum absolute atomic E-state index is 0.0163. The van der Waals surface area contributed by atoms with Gasteiger partial charge >= 0.3 is 5.97 Å². The van der Waals surface area contributed by atoms with Gasteiger partial charge < -0.3 is 10.1 Å². The maximum absolute atomic E-state index is 10.9. The number of H-pyrrole nitrogens is 1. The summed E-state index contributed by atoms with van der Waals surface area (Å²) < 4.78 is 0. The first kappa shape index (κ1) is 15.4. The van der Waals surface area contributed by atoms with Crippen molar-refractivity contribution in [2.24, 2.45) is 0 Å². The lowest BCUT2D eigenvalue weighted by atomic mass is 9.85. The Hall–Kier alpha value is -2.14. The van der Waals surface area contributed by atoms with Gasteiger partial charge in [-0.3, -0.25) is 4.79 Å². The lowest BCUT2D eigenvalue weighted by Gasteiger charge is -2.21. The first-order valence-electron chi connectivity index (χ1n) is 8.49. The lowest BCUT2D eigenvalue weighted by Crippen LogP contribution is -2.06. The van der Waals surface area contributed by atoms with E-state index in [0.29, 0.717) is 11.6 Å². The Morgan fingerprint density at radius 2 is 2.04 bits per heavy atom. The SMILES string of the molecule is O=C(O)Cc1csc(-c2c(C3CCCCC3)[nH]c3ccccc23)n1. The average Bonchev–Trinajstić information content (AvgIpc) is 3.19. The van der Waals surface area contributed by atoms with Crippen LogP contribution in [0.5, 0.6) is 0 Å². The minimum Gasteiger partial charge on any atom is -0.481 e. The predicted octanol–water partition coefficient (Wildman–Crippen LogP) is 4.97. The second-order valence-electron chi connectivity index (χ2n) is 6.51. The number of carbonyl (C=O) groups is 1. The van der Waals surface area contributed by atoms with Crippen LogP contribution in [-0.2, 0) is 11.2 Å². The van der Waals surface area contributed by atoms with Gasteiger partial charge in [-0.15, -0.1) is 11.3 Å². The van der Waals surface area contributed by atoms with Gasteiger partial charge in [0.1, 0.15) is 5.01 Å². The number of hydrogen-bond donors (Lipinski definition) is 2. The van der Waals surface area contributed by atoms with Gasteiger partial charge in [0.05, 0.1) is 12.1 Å². The Labute approximate surface area is 144 Å². The van der Waals surface area contributed by atoms with Crippen LogP contribution in [-0.4, -0.2) is 21.0 Å². The molecule has 1 fully saturated rings. The number of fused-ring (bicyclic) bond motifs is 1. The number of carboxylic acids is 1.